The third-order valence-electron chi connectivity index (χ3n) is 2.60. The number of anilines is 2. The first-order valence-corrected chi connectivity index (χ1v) is 6.39. The molecule has 0 amide bonds. The Morgan fingerprint density at radius 3 is 2.62 bits per heavy atom. The van der Waals surface area contributed by atoms with Crippen LogP contribution in [0.2, 0.25) is 0 Å². The normalized spacial score (nSPS) is 11.2. The summed E-state index contributed by atoms with van der Waals surface area (Å²) < 4.78 is 38.4. The minimum absolute atomic E-state index is 0.0891. The highest BCUT2D eigenvalue weighted by atomic mass is 79.9. The summed E-state index contributed by atoms with van der Waals surface area (Å²) in [6, 6.07) is 4.92. The first-order valence-electron chi connectivity index (χ1n) is 5.60. The number of carboxylic acids is 1. The van der Waals surface area contributed by atoms with Crippen LogP contribution in [0.5, 0.6) is 0 Å². The monoisotopic (exact) mass is 360 g/mol. The van der Waals surface area contributed by atoms with Gasteiger partial charge in [-0.05, 0) is 24.3 Å². The molecule has 110 valence electrons. The van der Waals surface area contributed by atoms with Gasteiger partial charge in [0.05, 0.1) is 11.3 Å². The zero-order chi connectivity index (χ0) is 15.6. The van der Waals surface area contributed by atoms with Crippen LogP contribution in [0.3, 0.4) is 0 Å². The number of hydrogen-bond donors (Lipinski definition) is 2. The molecular formula is C13H8BrF3N2O2. The molecule has 2 N–H and O–H groups in total. The number of nitrogens with zero attached hydrogens (tertiary/aromatic N) is 1. The summed E-state index contributed by atoms with van der Waals surface area (Å²) in [5.41, 5.74) is -0.695. The molecule has 2 rings (SSSR count). The minimum Gasteiger partial charge on any atom is -0.478 e. The van der Waals surface area contributed by atoms with Crippen molar-refractivity contribution in [2.45, 2.75) is 6.18 Å². The quantitative estimate of drug-likeness (QED) is 0.856. The Kier molecular flexibility index (Phi) is 4.17. The van der Waals surface area contributed by atoms with E-state index in [4.69, 9.17) is 5.11 Å². The highest BCUT2D eigenvalue weighted by Gasteiger charge is 2.33. The van der Waals surface area contributed by atoms with E-state index in [0.717, 1.165) is 12.3 Å². The number of carboxylic acid groups (broad SMARTS) is 1. The molecule has 1 aromatic heterocycles. The Morgan fingerprint density at radius 2 is 2.00 bits per heavy atom. The molecule has 0 saturated heterocycles. The molecular weight excluding hydrogens is 353 g/mol. The fraction of sp³-hybridized carbons (Fsp3) is 0.0769. The molecule has 0 spiro atoms. The lowest BCUT2D eigenvalue weighted by atomic mass is 10.1. The molecule has 0 aliphatic rings. The highest BCUT2D eigenvalue weighted by Crippen LogP contribution is 2.37. The molecule has 0 bridgehead atoms. The first kappa shape index (κ1) is 15.3. The van der Waals surface area contributed by atoms with Crippen molar-refractivity contribution >= 4 is 33.3 Å². The fourth-order valence-corrected chi connectivity index (χ4v) is 2.12. The van der Waals surface area contributed by atoms with Crippen molar-refractivity contribution in [3.8, 4) is 0 Å². The Labute approximate surface area is 125 Å². The molecule has 0 radical (unpaired) electrons. The Hall–Kier alpha value is -2.09. The van der Waals surface area contributed by atoms with Crippen LogP contribution in [0.25, 0.3) is 0 Å². The van der Waals surface area contributed by atoms with Gasteiger partial charge in [0, 0.05) is 22.6 Å². The van der Waals surface area contributed by atoms with E-state index in [-0.39, 0.29) is 21.4 Å². The van der Waals surface area contributed by atoms with E-state index < -0.39 is 17.7 Å². The van der Waals surface area contributed by atoms with Crippen LogP contribution in [-0.2, 0) is 6.18 Å². The molecule has 0 atom stereocenters. The van der Waals surface area contributed by atoms with Gasteiger partial charge in [0.25, 0.3) is 0 Å². The van der Waals surface area contributed by atoms with Gasteiger partial charge in [0.15, 0.2) is 0 Å². The van der Waals surface area contributed by atoms with Gasteiger partial charge in [-0.1, -0.05) is 15.9 Å². The van der Waals surface area contributed by atoms with E-state index in [1.54, 1.807) is 0 Å². The molecule has 4 nitrogen and oxygen atoms in total. The Balaban J connectivity index is 2.40. The van der Waals surface area contributed by atoms with Gasteiger partial charge in [-0.25, -0.2) is 4.79 Å². The maximum absolute atomic E-state index is 12.8. The second-order valence-corrected chi connectivity index (χ2v) is 4.90. The molecule has 1 aromatic carbocycles. The molecule has 0 unspecified atom stereocenters. The van der Waals surface area contributed by atoms with Crippen molar-refractivity contribution in [3.05, 3.63) is 52.3 Å². The van der Waals surface area contributed by atoms with Gasteiger partial charge in [-0.2, -0.15) is 13.2 Å². The van der Waals surface area contributed by atoms with E-state index in [9.17, 15) is 18.0 Å². The number of benzene rings is 1. The molecule has 2 aromatic rings. The van der Waals surface area contributed by atoms with Crippen LogP contribution in [0.4, 0.5) is 24.5 Å². The summed E-state index contributed by atoms with van der Waals surface area (Å²) in [7, 11) is 0. The van der Waals surface area contributed by atoms with Crippen molar-refractivity contribution in [1.29, 1.82) is 0 Å². The van der Waals surface area contributed by atoms with E-state index in [2.05, 4.69) is 26.2 Å². The lowest BCUT2D eigenvalue weighted by Crippen LogP contribution is -2.07. The summed E-state index contributed by atoms with van der Waals surface area (Å²) in [6.07, 6.45) is -2.04. The lowest BCUT2D eigenvalue weighted by Gasteiger charge is -2.13. The van der Waals surface area contributed by atoms with E-state index in [0.29, 0.717) is 0 Å². The van der Waals surface area contributed by atoms with Gasteiger partial charge >= 0.3 is 12.1 Å². The number of pyridine rings is 1. The predicted molar refractivity (Wildman–Crippen MR) is 73.6 cm³/mol. The third kappa shape index (κ3) is 3.52. The van der Waals surface area contributed by atoms with Crippen LogP contribution in [-0.4, -0.2) is 16.1 Å². The summed E-state index contributed by atoms with van der Waals surface area (Å²) in [6.45, 7) is 0. The largest absolute Gasteiger partial charge is 0.478 e. The number of hydrogen-bond acceptors (Lipinski definition) is 3. The smallest absolute Gasteiger partial charge is 0.417 e. The molecule has 0 aliphatic heterocycles. The van der Waals surface area contributed by atoms with Crippen molar-refractivity contribution in [2.75, 3.05) is 5.32 Å². The zero-order valence-electron chi connectivity index (χ0n) is 10.3. The molecule has 0 aliphatic carbocycles. The number of carbonyl (C=O) groups is 1. The van der Waals surface area contributed by atoms with Gasteiger partial charge in [0.2, 0.25) is 0 Å². The summed E-state index contributed by atoms with van der Waals surface area (Å²) in [5.74, 6) is -1.22. The van der Waals surface area contributed by atoms with Crippen molar-refractivity contribution in [3.63, 3.8) is 0 Å². The summed E-state index contributed by atoms with van der Waals surface area (Å²) >= 11 is 2.84. The van der Waals surface area contributed by atoms with Gasteiger partial charge in [-0.15, -0.1) is 0 Å². The number of rotatable bonds is 3. The zero-order valence-corrected chi connectivity index (χ0v) is 11.9. The molecule has 21 heavy (non-hydrogen) atoms. The minimum atomic E-state index is -4.51. The Bertz CT molecular complexity index is 689. The molecule has 0 fully saturated rings. The topological polar surface area (TPSA) is 62.2 Å². The lowest BCUT2D eigenvalue weighted by molar-refractivity contribution is -0.138. The standard InChI is InChI=1S/C13H8BrF3N2O2/c14-10-2-1-7(5-9(10)13(15,16)17)19-11-3-4-18-6-8(11)12(20)21/h1-6H,(H,18,19)(H,20,21). The maximum Gasteiger partial charge on any atom is 0.417 e. The third-order valence-corrected chi connectivity index (χ3v) is 3.29. The van der Waals surface area contributed by atoms with E-state index in [1.807, 2.05) is 0 Å². The van der Waals surface area contributed by atoms with Crippen LogP contribution in [0, 0.1) is 0 Å². The number of nitrogens with one attached hydrogen (secondary N) is 1. The highest BCUT2D eigenvalue weighted by molar-refractivity contribution is 9.10. The van der Waals surface area contributed by atoms with E-state index >= 15 is 0 Å². The van der Waals surface area contributed by atoms with E-state index in [1.165, 1.54) is 24.4 Å². The van der Waals surface area contributed by atoms with Crippen molar-refractivity contribution in [2.24, 2.45) is 0 Å². The first-order chi connectivity index (χ1) is 9.79. The van der Waals surface area contributed by atoms with Crippen molar-refractivity contribution < 1.29 is 23.1 Å². The van der Waals surface area contributed by atoms with Crippen LogP contribution in [0.1, 0.15) is 15.9 Å². The maximum atomic E-state index is 12.8. The molecule has 8 heteroatoms. The van der Waals surface area contributed by atoms with Crippen LogP contribution >= 0.6 is 15.9 Å². The number of halogens is 4. The average Bonchev–Trinajstić information content (AvgIpc) is 2.40. The molecule has 0 saturated carbocycles. The predicted octanol–water partition coefficient (Wildman–Crippen LogP) is 4.30. The van der Waals surface area contributed by atoms with Gasteiger partial charge < -0.3 is 10.4 Å². The number of aromatic nitrogens is 1. The van der Waals surface area contributed by atoms with Crippen LogP contribution in [0.15, 0.2) is 41.1 Å². The van der Waals surface area contributed by atoms with Crippen molar-refractivity contribution in [1.82, 2.24) is 4.98 Å². The van der Waals surface area contributed by atoms with Gasteiger partial charge in [-0.3, -0.25) is 4.98 Å². The summed E-state index contributed by atoms with van der Waals surface area (Å²) in [5, 5.41) is 11.7. The fourth-order valence-electron chi connectivity index (χ4n) is 1.65. The van der Waals surface area contributed by atoms with Gasteiger partial charge in [0.1, 0.15) is 5.56 Å². The Morgan fingerprint density at radius 1 is 1.29 bits per heavy atom. The second kappa shape index (κ2) is 5.72. The molecule has 1 heterocycles. The SMILES string of the molecule is O=C(O)c1cnccc1Nc1ccc(Br)c(C(F)(F)F)c1. The number of alkyl halides is 3. The second-order valence-electron chi connectivity index (χ2n) is 4.04. The average molecular weight is 361 g/mol. The van der Waals surface area contributed by atoms with Crippen LogP contribution < -0.4 is 5.32 Å². The number of aromatic carboxylic acids is 1. The summed E-state index contributed by atoms with van der Waals surface area (Å²) in [4.78, 5) is 14.7.